The molecule has 144 valence electrons. The van der Waals surface area contributed by atoms with E-state index in [2.05, 4.69) is 46.5 Å². The Morgan fingerprint density at radius 1 is 1.03 bits per heavy atom. The van der Waals surface area contributed by atoms with Gasteiger partial charge in [-0.15, -0.1) is 0 Å². The molecule has 0 fully saturated rings. The van der Waals surface area contributed by atoms with Gasteiger partial charge < -0.3 is 9.67 Å². The number of thioether (sulfide) groups is 1. The highest BCUT2D eigenvalue weighted by molar-refractivity contribution is 7.98. The van der Waals surface area contributed by atoms with Crippen LogP contribution in [0.3, 0.4) is 0 Å². The molecule has 3 aromatic carbocycles. The maximum atomic E-state index is 11.5. The summed E-state index contributed by atoms with van der Waals surface area (Å²) >= 11 is 1.53. The third-order valence-corrected chi connectivity index (χ3v) is 5.83. The number of carbonyl (C=O) groups is 1. The van der Waals surface area contributed by atoms with Gasteiger partial charge >= 0.3 is 5.97 Å². The van der Waals surface area contributed by atoms with Gasteiger partial charge in [-0.25, -0.2) is 9.78 Å². The van der Waals surface area contributed by atoms with Crippen molar-refractivity contribution >= 4 is 34.6 Å². The average molecular weight is 401 g/mol. The summed E-state index contributed by atoms with van der Waals surface area (Å²) in [5.41, 5.74) is 3.13. The highest BCUT2D eigenvalue weighted by atomic mass is 32.2. The Balaban J connectivity index is 1.63. The molecular formula is C24H20N2O2S. The van der Waals surface area contributed by atoms with Gasteiger partial charge in [0.05, 0.1) is 17.8 Å². The van der Waals surface area contributed by atoms with E-state index in [1.165, 1.54) is 28.1 Å². The Kier molecular flexibility index (Phi) is 5.49. The predicted octanol–water partition coefficient (Wildman–Crippen LogP) is 5.72. The molecule has 0 aliphatic rings. The van der Waals surface area contributed by atoms with E-state index in [1.54, 1.807) is 18.2 Å². The standard InChI is InChI=1S/C24H20N2O2S/c1-2-20-15-26(14-18-11-7-10-17-8-3-5-12-21(17)18)24(25-20)29-16-19-9-4-6-13-22(19)23(27)28/h2-13,15H,1,14,16H2,(H,27,28). The van der Waals surface area contributed by atoms with Crippen molar-refractivity contribution in [2.24, 2.45) is 0 Å². The van der Waals surface area contributed by atoms with E-state index in [0.29, 0.717) is 17.9 Å². The number of carboxylic acids is 1. The molecule has 0 saturated heterocycles. The van der Waals surface area contributed by atoms with Crippen molar-refractivity contribution in [1.29, 1.82) is 0 Å². The van der Waals surface area contributed by atoms with Crippen LogP contribution in [0.4, 0.5) is 0 Å². The maximum absolute atomic E-state index is 11.5. The number of hydrogen-bond donors (Lipinski definition) is 1. The summed E-state index contributed by atoms with van der Waals surface area (Å²) in [4.78, 5) is 16.1. The van der Waals surface area contributed by atoms with Crippen LogP contribution < -0.4 is 0 Å². The summed E-state index contributed by atoms with van der Waals surface area (Å²) in [6, 6.07) is 21.7. The van der Waals surface area contributed by atoms with Crippen LogP contribution in [-0.2, 0) is 12.3 Å². The normalized spacial score (nSPS) is 10.9. The molecule has 4 nitrogen and oxygen atoms in total. The Hall–Kier alpha value is -3.31. The van der Waals surface area contributed by atoms with Gasteiger partial charge in [-0.1, -0.05) is 79.0 Å². The fourth-order valence-corrected chi connectivity index (χ4v) is 4.35. The molecule has 4 rings (SSSR count). The number of benzene rings is 3. The number of fused-ring (bicyclic) bond motifs is 1. The van der Waals surface area contributed by atoms with E-state index in [9.17, 15) is 9.90 Å². The van der Waals surface area contributed by atoms with Crippen LogP contribution >= 0.6 is 11.8 Å². The zero-order valence-electron chi connectivity index (χ0n) is 15.8. The smallest absolute Gasteiger partial charge is 0.335 e. The molecule has 1 heterocycles. The second kappa shape index (κ2) is 8.37. The van der Waals surface area contributed by atoms with Crippen molar-refractivity contribution in [2.45, 2.75) is 17.5 Å². The zero-order valence-corrected chi connectivity index (χ0v) is 16.6. The summed E-state index contributed by atoms with van der Waals surface area (Å²) < 4.78 is 2.10. The third-order valence-electron chi connectivity index (χ3n) is 4.79. The first-order valence-electron chi connectivity index (χ1n) is 9.26. The molecule has 1 N–H and O–H groups in total. The fourth-order valence-electron chi connectivity index (χ4n) is 3.36. The number of nitrogens with zero attached hydrogens (tertiary/aromatic N) is 2. The van der Waals surface area contributed by atoms with Crippen molar-refractivity contribution in [1.82, 2.24) is 9.55 Å². The van der Waals surface area contributed by atoms with Gasteiger partial charge in [-0.3, -0.25) is 0 Å². The number of rotatable bonds is 7. The number of hydrogen-bond acceptors (Lipinski definition) is 3. The highest BCUT2D eigenvalue weighted by Gasteiger charge is 2.13. The molecule has 0 spiro atoms. The number of imidazole rings is 1. The zero-order chi connectivity index (χ0) is 20.2. The summed E-state index contributed by atoms with van der Waals surface area (Å²) in [5.74, 6) is -0.377. The molecular weight excluding hydrogens is 380 g/mol. The first-order chi connectivity index (χ1) is 14.2. The summed E-state index contributed by atoms with van der Waals surface area (Å²) in [7, 11) is 0. The van der Waals surface area contributed by atoms with E-state index in [1.807, 2.05) is 30.5 Å². The first kappa shape index (κ1) is 19.0. The first-order valence-corrected chi connectivity index (χ1v) is 10.2. The molecule has 0 amide bonds. The molecule has 5 heteroatoms. The number of aromatic nitrogens is 2. The molecule has 1 aromatic heterocycles. The number of carboxylic acid groups (broad SMARTS) is 1. The molecule has 0 aliphatic carbocycles. The van der Waals surface area contributed by atoms with Gasteiger partial charge in [-0.2, -0.15) is 0 Å². The van der Waals surface area contributed by atoms with E-state index < -0.39 is 5.97 Å². The van der Waals surface area contributed by atoms with Crippen molar-refractivity contribution in [3.05, 3.63) is 102 Å². The molecule has 4 aromatic rings. The lowest BCUT2D eigenvalue weighted by atomic mass is 10.0. The van der Waals surface area contributed by atoms with E-state index in [4.69, 9.17) is 0 Å². The van der Waals surface area contributed by atoms with Crippen molar-refractivity contribution < 1.29 is 9.90 Å². The molecule has 0 radical (unpaired) electrons. The second-order valence-electron chi connectivity index (χ2n) is 6.67. The minimum atomic E-state index is -0.910. The predicted molar refractivity (Wildman–Crippen MR) is 118 cm³/mol. The Labute approximate surface area is 173 Å². The highest BCUT2D eigenvalue weighted by Crippen LogP contribution is 2.27. The topological polar surface area (TPSA) is 55.1 Å². The van der Waals surface area contributed by atoms with Crippen LogP contribution in [0.15, 0.2) is 84.7 Å². The lowest BCUT2D eigenvalue weighted by molar-refractivity contribution is 0.0696. The molecule has 29 heavy (non-hydrogen) atoms. The largest absolute Gasteiger partial charge is 0.478 e. The summed E-state index contributed by atoms with van der Waals surface area (Å²) in [6.07, 6.45) is 3.72. The molecule has 0 aliphatic heterocycles. The lowest BCUT2D eigenvalue weighted by Gasteiger charge is -2.11. The Morgan fingerprint density at radius 2 is 1.76 bits per heavy atom. The van der Waals surface area contributed by atoms with E-state index in [0.717, 1.165) is 16.4 Å². The molecule has 0 bridgehead atoms. The Morgan fingerprint density at radius 3 is 2.59 bits per heavy atom. The van der Waals surface area contributed by atoms with Gasteiger partial charge in [0.1, 0.15) is 0 Å². The van der Waals surface area contributed by atoms with Crippen molar-refractivity contribution in [3.8, 4) is 0 Å². The van der Waals surface area contributed by atoms with Gasteiger partial charge in [0.25, 0.3) is 0 Å². The summed E-state index contributed by atoms with van der Waals surface area (Å²) in [6.45, 7) is 4.52. The summed E-state index contributed by atoms with van der Waals surface area (Å²) in [5, 5.41) is 12.7. The molecule has 0 atom stereocenters. The van der Waals surface area contributed by atoms with Gasteiger partial charge in [-0.05, 0) is 34.0 Å². The maximum Gasteiger partial charge on any atom is 0.335 e. The van der Waals surface area contributed by atoms with Crippen LogP contribution in [0, 0.1) is 0 Å². The monoisotopic (exact) mass is 400 g/mol. The minimum absolute atomic E-state index is 0.330. The molecule has 0 saturated carbocycles. The van der Waals surface area contributed by atoms with Crippen LogP contribution in [-0.4, -0.2) is 20.6 Å². The number of aromatic carboxylic acids is 1. The molecule has 0 unspecified atom stereocenters. The van der Waals surface area contributed by atoms with Gasteiger partial charge in [0, 0.05) is 11.9 Å². The second-order valence-corrected chi connectivity index (χ2v) is 7.61. The Bertz CT molecular complexity index is 1190. The van der Waals surface area contributed by atoms with Crippen LogP contribution in [0.1, 0.15) is 27.2 Å². The van der Waals surface area contributed by atoms with Crippen LogP contribution in [0.2, 0.25) is 0 Å². The quantitative estimate of drug-likeness (QED) is 0.403. The van der Waals surface area contributed by atoms with E-state index >= 15 is 0 Å². The van der Waals surface area contributed by atoms with Crippen molar-refractivity contribution in [2.75, 3.05) is 0 Å². The lowest BCUT2D eigenvalue weighted by Crippen LogP contribution is -2.03. The van der Waals surface area contributed by atoms with E-state index in [-0.39, 0.29) is 0 Å². The van der Waals surface area contributed by atoms with Crippen LogP contribution in [0.25, 0.3) is 16.8 Å². The van der Waals surface area contributed by atoms with Crippen molar-refractivity contribution in [3.63, 3.8) is 0 Å². The average Bonchev–Trinajstić information content (AvgIpc) is 3.14. The SMILES string of the molecule is C=Cc1cn(Cc2cccc3ccccc23)c(SCc2ccccc2C(=O)O)n1. The van der Waals surface area contributed by atoms with Gasteiger partial charge in [0.2, 0.25) is 0 Å². The van der Waals surface area contributed by atoms with Crippen LogP contribution in [0.5, 0.6) is 0 Å². The third kappa shape index (κ3) is 4.10. The van der Waals surface area contributed by atoms with Gasteiger partial charge in [0.15, 0.2) is 5.16 Å². The fraction of sp³-hybridized carbons (Fsp3) is 0.0833. The minimum Gasteiger partial charge on any atom is -0.478 e.